The number of nitrogens with one attached hydrogen (secondary N) is 1. The van der Waals surface area contributed by atoms with E-state index in [1.165, 1.54) is 18.3 Å². The molecule has 100 valence electrons. The molecule has 1 amide bonds. The summed E-state index contributed by atoms with van der Waals surface area (Å²) < 4.78 is 38.9. The minimum Gasteiger partial charge on any atom is -0.298 e. The maximum atomic E-state index is 12.8. The molecule has 0 atom stereocenters. The lowest BCUT2D eigenvalue weighted by molar-refractivity contribution is -0.137. The largest absolute Gasteiger partial charge is 0.417 e. The molecular weight excluding hydrogens is 345 g/mol. The fourth-order valence-electron chi connectivity index (χ4n) is 1.40. The van der Waals surface area contributed by atoms with Crippen molar-refractivity contribution in [1.29, 1.82) is 0 Å². The van der Waals surface area contributed by atoms with Crippen LogP contribution < -0.4 is 5.32 Å². The summed E-state index contributed by atoms with van der Waals surface area (Å²) in [5, 5.41) is 2.56. The first-order valence-electron chi connectivity index (χ1n) is 4.97. The van der Waals surface area contributed by atoms with Gasteiger partial charge in [0.05, 0.1) is 21.1 Å². The Kier molecular flexibility index (Phi) is 3.91. The van der Waals surface area contributed by atoms with Crippen LogP contribution in [0.3, 0.4) is 0 Å². The Hall–Kier alpha value is -1.41. The van der Waals surface area contributed by atoms with Crippen molar-refractivity contribution in [3.8, 4) is 0 Å². The Morgan fingerprint density at radius 3 is 2.58 bits per heavy atom. The van der Waals surface area contributed by atoms with E-state index in [1.807, 2.05) is 0 Å². The number of carbonyl (C=O) groups is 1. The molecule has 0 radical (unpaired) electrons. The molecule has 0 aliphatic heterocycles. The molecule has 19 heavy (non-hydrogen) atoms. The molecule has 0 saturated carbocycles. The number of rotatable bonds is 2. The van der Waals surface area contributed by atoms with Crippen LogP contribution in [0.4, 0.5) is 18.3 Å². The number of aromatic nitrogens is 1. The van der Waals surface area contributed by atoms with Crippen molar-refractivity contribution in [3.63, 3.8) is 0 Å². The average Bonchev–Trinajstić information content (AvgIpc) is 2.73. The van der Waals surface area contributed by atoms with Gasteiger partial charge in [-0.1, -0.05) is 23.5 Å². The Balaban J connectivity index is 2.29. The van der Waals surface area contributed by atoms with E-state index < -0.39 is 23.2 Å². The Morgan fingerprint density at radius 2 is 2.00 bits per heavy atom. The maximum absolute atomic E-state index is 12.8. The van der Waals surface area contributed by atoms with Crippen LogP contribution in [0.1, 0.15) is 15.9 Å². The molecule has 0 bridgehead atoms. The van der Waals surface area contributed by atoms with E-state index in [4.69, 9.17) is 0 Å². The van der Waals surface area contributed by atoms with E-state index >= 15 is 0 Å². The van der Waals surface area contributed by atoms with Gasteiger partial charge in [-0.2, -0.15) is 13.2 Å². The predicted molar refractivity (Wildman–Crippen MR) is 69.2 cm³/mol. The summed E-state index contributed by atoms with van der Waals surface area (Å²) in [5.74, 6) is -0.838. The molecule has 0 aliphatic carbocycles. The second-order valence-corrected chi connectivity index (χ2v) is 5.88. The quantitative estimate of drug-likeness (QED) is 0.882. The first-order chi connectivity index (χ1) is 8.88. The molecule has 2 aromatic rings. The van der Waals surface area contributed by atoms with Crippen LogP contribution in [0.25, 0.3) is 0 Å². The average molecular weight is 351 g/mol. The van der Waals surface area contributed by atoms with Crippen LogP contribution in [-0.2, 0) is 6.18 Å². The molecule has 1 aromatic heterocycles. The van der Waals surface area contributed by atoms with E-state index in [0.717, 1.165) is 23.5 Å². The number of halogens is 4. The van der Waals surface area contributed by atoms with Crippen molar-refractivity contribution in [2.75, 3.05) is 5.32 Å². The minimum atomic E-state index is -4.57. The van der Waals surface area contributed by atoms with E-state index in [-0.39, 0.29) is 5.13 Å². The van der Waals surface area contributed by atoms with E-state index in [1.54, 1.807) is 0 Å². The topological polar surface area (TPSA) is 42.0 Å². The normalized spacial score (nSPS) is 11.4. The number of carbonyl (C=O) groups excluding carboxylic acids is 1. The summed E-state index contributed by atoms with van der Waals surface area (Å²) in [6.07, 6.45) is -3.12. The number of benzene rings is 1. The summed E-state index contributed by atoms with van der Waals surface area (Å²) in [6.45, 7) is 0. The monoisotopic (exact) mass is 350 g/mol. The van der Waals surface area contributed by atoms with Crippen molar-refractivity contribution in [2.45, 2.75) is 6.18 Å². The molecule has 0 fully saturated rings. The lowest BCUT2D eigenvalue weighted by Gasteiger charge is -2.11. The van der Waals surface area contributed by atoms with Gasteiger partial charge >= 0.3 is 6.18 Å². The number of alkyl halides is 3. The zero-order chi connectivity index (χ0) is 14.0. The number of thiazole rings is 1. The molecule has 0 aliphatic rings. The van der Waals surface area contributed by atoms with Gasteiger partial charge in [-0.3, -0.25) is 10.1 Å². The first-order valence-corrected chi connectivity index (χ1v) is 6.58. The van der Waals surface area contributed by atoms with Crippen molar-refractivity contribution in [2.24, 2.45) is 0 Å². The summed E-state index contributed by atoms with van der Waals surface area (Å²) >= 11 is 4.27. The van der Waals surface area contributed by atoms with Crippen LogP contribution in [0, 0.1) is 0 Å². The van der Waals surface area contributed by atoms with Gasteiger partial charge in [0.25, 0.3) is 5.91 Å². The van der Waals surface area contributed by atoms with Crippen LogP contribution >= 0.6 is 27.3 Å². The third-order valence-corrected chi connectivity index (χ3v) is 3.57. The first kappa shape index (κ1) is 14.0. The number of anilines is 1. The summed E-state index contributed by atoms with van der Waals surface area (Å²) in [6, 6.07) is 4.61. The fourth-order valence-corrected chi connectivity index (χ4v) is 2.51. The third-order valence-electron chi connectivity index (χ3n) is 2.18. The van der Waals surface area contributed by atoms with Gasteiger partial charge in [0.15, 0.2) is 5.13 Å². The molecule has 1 aromatic carbocycles. The molecule has 2 rings (SSSR count). The Morgan fingerprint density at radius 1 is 1.32 bits per heavy atom. The highest BCUT2D eigenvalue weighted by molar-refractivity contribution is 9.11. The van der Waals surface area contributed by atoms with Crippen LogP contribution in [0.5, 0.6) is 0 Å². The Bertz CT molecular complexity index is 612. The molecule has 8 heteroatoms. The van der Waals surface area contributed by atoms with Gasteiger partial charge in [0, 0.05) is 0 Å². The number of hydrogen-bond donors (Lipinski definition) is 1. The zero-order valence-corrected chi connectivity index (χ0v) is 11.6. The van der Waals surface area contributed by atoms with Crippen molar-refractivity contribution in [1.82, 2.24) is 4.98 Å². The van der Waals surface area contributed by atoms with Gasteiger partial charge in [0.1, 0.15) is 0 Å². The van der Waals surface area contributed by atoms with E-state index in [9.17, 15) is 18.0 Å². The second kappa shape index (κ2) is 5.30. The Labute approximate surface area is 118 Å². The summed E-state index contributed by atoms with van der Waals surface area (Å²) in [4.78, 5) is 15.7. The van der Waals surface area contributed by atoms with Crippen molar-refractivity contribution < 1.29 is 18.0 Å². The van der Waals surface area contributed by atoms with Crippen molar-refractivity contribution >= 4 is 38.3 Å². The summed E-state index contributed by atoms with van der Waals surface area (Å²) in [7, 11) is 0. The number of hydrogen-bond acceptors (Lipinski definition) is 3. The zero-order valence-electron chi connectivity index (χ0n) is 9.16. The van der Waals surface area contributed by atoms with Crippen LogP contribution in [-0.4, -0.2) is 10.9 Å². The van der Waals surface area contributed by atoms with Gasteiger partial charge in [-0.15, -0.1) is 0 Å². The van der Waals surface area contributed by atoms with E-state index in [0.29, 0.717) is 3.79 Å². The highest BCUT2D eigenvalue weighted by atomic mass is 79.9. The molecule has 0 unspecified atom stereocenters. The second-order valence-electron chi connectivity index (χ2n) is 3.47. The predicted octanol–water partition coefficient (Wildman–Crippen LogP) is 4.18. The SMILES string of the molecule is O=C(Nc1ncc(Br)s1)c1ccccc1C(F)(F)F. The number of amides is 1. The third kappa shape index (κ3) is 3.32. The molecule has 1 heterocycles. The molecule has 0 spiro atoms. The molecule has 1 N–H and O–H groups in total. The smallest absolute Gasteiger partial charge is 0.298 e. The molecule has 0 saturated heterocycles. The maximum Gasteiger partial charge on any atom is 0.417 e. The van der Waals surface area contributed by atoms with Crippen molar-refractivity contribution in [3.05, 3.63) is 45.4 Å². The molecule has 3 nitrogen and oxygen atoms in total. The van der Waals surface area contributed by atoms with Gasteiger partial charge in [-0.25, -0.2) is 4.98 Å². The summed E-state index contributed by atoms with van der Waals surface area (Å²) in [5.41, 5.74) is -1.40. The lowest BCUT2D eigenvalue weighted by atomic mass is 10.1. The molecular formula is C11H6BrF3N2OS. The highest BCUT2D eigenvalue weighted by Crippen LogP contribution is 2.32. The highest BCUT2D eigenvalue weighted by Gasteiger charge is 2.34. The minimum absolute atomic E-state index is 0.230. The standard InChI is InChI=1S/C11H6BrF3N2OS/c12-8-5-16-10(19-8)17-9(18)6-3-1-2-4-7(6)11(13,14)15/h1-5H,(H,16,17,18). The van der Waals surface area contributed by atoms with Gasteiger partial charge < -0.3 is 0 Å². The van der Waals surface area contributed by atoms with Gasteiger partial charge in [-0.05, 0) is 28.1 Å². The fraction of sp³-hybridized carbons (Fsp3) is 0.0909. The van der Waals surface area contributed by atoms with Gasteiger partial charge in [0.2, 0.25) is 0 Å². The lowest BCUT2D eigenvalue weighted by Crippen LogP contribution is -2.18. The van der Waals surface area contributed by atoms with Crippen LogP contribution in [0.2, 0.25) is 0 Å². The van der Waals surface area contributed by atoms with E-state index in [2.05, 4.69) is 26.2 Å². The van der Waals surface area contributed by atoms with Crippen LogP contribution in [0.15, 0.2) is 34.2 Å². The number of nitrogens with zero attached hydrogens (tertiary/aromatic N) is 1.